The largest absolute Gasteiger partial charge is 0.375 e. The third-order valence-corrected chi connectivity index (χ3v) is 4.38. The second-order valence-corrected chi connectivity index (χ2v) is 5.46. The molecule has 0 aromatic carbocycles. The number of aromatic nitrogens is 2. The highest BCUT2D eigenvalue weighted by molar-refractivity contribution is 5.36. The monoisotopic (exact) mass is 256 g/mol. The van der Waals surface area contributed by atoms with E-state index in [1.54, 1.807) is 6.33 Å². The number of hydrogen-bond donors (Lipinski definition) is 0. The van der Waals surface area contributed by atoms with Gasteiger partial charge < -0.3 is 9.30 Å². The summed E-state index contributed by atoms with van der Waals surface area (Å²) in [6.07, 6.45) is 8.14. The Morgan fingerprint density at radius 3 is 2.79 bits per heavy atom. The lowest BCUT2D eigenvalue weighted by Gasteiger charge is -2.38. The molecule has 1 aliphatic carbocycles. The van der Waals surface area contributed by atoms with E-state index in [1.807, 2.05) is 10.6 Å². The molecule has 19 heavy (non-hydrogen) atoms. The first-order valence-corrected chi connectivity index (χ1v) is 6.79. The lowest BCUT2D eigenvalue weighted by Crippen LogP contribution is -2.38. The molecule has 0 radical (unpaired) electrons. The summed E-state index contributed by atoms with van der Waals surface area (Å²) in [6.45, 7) is 0.732. The molecule has 2 aliphatic rings. The highest BCUT2D eigenvalue weighted by atomic mass is 16.5. The van der Waals surface area contributed by atoms with Crippen LogP contribution in [0.1, 0.15) is 56.0 Å². The Morgan fingerprint density at radius 2 is 2.11 bits per heavy atom. The topological polar surface area (TPSA) is 74.6 Å². The molecule has 0 amide bonds. The molecule has 2 fully saturated rings. The van der Waals surface area contributed by atoms with E-state index in [0.717, 1.165) is 32.3 Å². The fourth-order valence-corrected chi connectivity index (χ4v) is 3.44. The van der Waals surface area contributed by atoms with Gasteiger partial charge in [-0.1, -0.05) is 12.8 Å². The normalized spacial score (nSPS) is 25.1. The van der Waals surface area contributed by atoms with Crippen LogP contribution in [0.3, 0.4) is 0 Å². The van der Waals surface area contributed by atoms with Crippen LogP contribution in [0.4, 0.5) is 0 Å². The van der Waals surface area contributed by atoms with Crippen LogP contribution in [0.5, 0.6) is 0 Å². The summed E-state index contributed by atoms with van der Waals surface area (Å²) in [4.78, 5) is 4.03. The van der Waals surface area contributed by atoms with Crippen molar-refractivity contribution in [2.75, 3.05) is 6.61 Å². The lowest BCUT2D eigenvalue weighted by molar-refractivity contribution is -0.0895. The molecule has 1 aromatic heterocycles. The van der Waals surface area contributed by atoms with Crippen molar-refractivity contribution in [2.45, 2.75) is 50.2 Å². The van der Waals surface area contributed by atoms with E-state index in [4.69, 9.17) is 10.00 Å². The van der Waals surface area contributed by atoms with Gasteiger partial charge in [0.05, 0.1) is 11.9 Å². The zero-order chi connectivity index (χ0) is 13.3. The molecule has 0 bridgehead atoms. The molecule has 1 spiro atoms. The second-order valence-electron chi connectivity index (χ2n) is 5.46. The van der Waals surface area contributed by atoms with Gasteiger partial charge in [-0.25, -0.2) is 4.98 Å². The van der Waals surface area contributed by atoms with Crippen LogP contribution < -0.4 is 0 Å². The van der Waals surface area contributed by atoms with Crippen molar-refractivity contribution in [3.05, 3.63) is 17.7 Å². The van der Waals surface area contributed by atoms with Crippen molar-refractivity contribution in [1.29, 1.82) is 10.5 Å². The van der Waals surface area contributed by atoms with E-state index < -0.39 is 0 Å². The van der Waals surface area contributed by atoms with Gasteiger partial charge in [0.25, 0.3) is 0 Å². The van der Waals surface area contributed by atoms with Gasteiger partial charge in [0.15, 0.2) is 11.4 Å². The van der Waals surface area contributed by atoms with E-state index in [1.165, 1.54) is 12.8 Å². The number of nitriles is 2. The first-order chi connectivity index (χ1) is 9.28. The molecule has 5 nitrogen and oxygen atoms in total. The molecular weight excluding hydrogens is 240 g/mol. The summed E-state index contributed by atoms with van der Waals surface area (Å²) in [5, 5.41) is 18.2. The van der Waals surface area contributed by atoms with E-state index in [0.29, 0.717) is 5.69 Å². The SMILES string of the molecule is N#Cc1ncn(C2CCOC3(CCCC3)C2)c1C#N. The molecule has 1 saturated carbocycles. The molecule has 1 atom stereocenters. The maximum Gasteiger partial charge on any atom is 0.176 e. The van der Waals surface area contributed by atoms with Gasteiger partial charge in [0.1, 0.15) is 12.1 Å². The van der Waals surface area contributed by atoms with Gasteiger partial charge in [0.2, 0.25) is 0 Å². The molecule has 2 heterocycles. The molecule has 1 aromatic rings. The minimum Gasteiger partial charge on any atom is -0.375 e. The van der Waals surface area contributed by atoms with Crippen molar-refractivity contribution < 1.29 is 4.74 Å². The van der Waals surface area contributed by atoms with Crippen LogP contribution >= 0.6 is 0 Å². The highest BCUT2D eigenvalue weighted by Gasteiger charge is 2.40. The Balaban J connectivity index is 1.88. The Labute approximate surface area is 112 Å². The smallest absolute Gasteiger partial charge is 0.176 e. The van der Waals surface area contributed by atoms with E-state index in [9.17, 15) is 5.26 Å². The van der Waals surface area contributed by atoms with Crippen molar-refractivity contribution in [3.63, 3.8) is 0 Å². The Morgan fingerprint density at radius 1 is 1.32 bits per heavy atom. The van der Waals surface area contributed by atoms with E-state index in [-0.39, 0.29) is 17.3 Å². The van der Waals surface area contributed by atoms with Crippen molar-refractivity contribution in [3.8, 4) is 12.1 Å². The van der Waals surface area contributed by atoms with Gasteiger partial charge in [-0.05, 0) is 25.7 Å². The summed E-state index contributed by atoms with van der Waals surface area (Å²) in [6, 6.07) is 4.32. The van der Waals surface area contributed by atoms with E-state index in [2.05, 4.69) is 11.1 Å². The quantitative estimate of drug-likeness (QED) is 0.772. The lowest BCUT2D eigenvalue weighted by atomic mass is 9.88. The maximum absolute atomic E-state index is 9.21. The molecule has 98 valence electrons. The van der Waals surface area contributed by atoms with Crippen molar-refractivity contribution in [2.24, 2.45) is 0 Å². The molecule has 1 aliphatic heterocycles. The summed E-state index contributed by atoms with van der Waals surface area (Å²) < 4.78 is 7.88. The summed E-state index contributed by atoms with van der Waals surface area (Å²) >= 11 is 0. The summed E-state index contributed by atoms with van der Waals surface area (Å²) in [5.74, 6) is 0. The third kappa shape index (κ3) is 2.01. The number of nitrogens with zero attached hydrogens (tertiary/aromatic N) is 4. The Kier molecular flexibility index (Phi) is 3.00. The molecule has 1 unspecified atom stereocenters. The zero-order valence-electron chi connectivity index (χ0n) is 10.8. The van der Waals surface area contributed by atoms with Gasteiger partial charge in [0, 0.05) is 12.6 Å². The average Bonchev–Trinajstić information content (AvgIpc) is 3.05. The highest BCUT2D eigenvalue weighted by Crippen LogP contribution is 2.43. The fraction of sp³-hybridized carbons (Fsp3) is 0.643. The Hall–Kier alpha value is -1.85. The maximum atomic E-state index is 9.21. The third-order valence-electron chi connectivity index (χ3n) is 4.38. The van der Waals surface area contributed by atoms with Gasteiger partial charge in [-0.3, -0.25) is 0 Å². The van der Waals surface area contributed by atoms with Gasteiger partial charge in [-0.2, -0.15) is 10.5 Å². The molecule has 5 heteroatoms. The fourth-order valence-electron chi connectivity index (χ4n) is 3.44. The first-order valence-electron chi connectivity index (χ1n) is 6.79. The Bertz CT molecular complexity index is 557. The zero-order valence-corrected chi connectivity index (χ0v) is 10.8. The molecule has 3 rings (SSSR count). The number of rotatable bonds is 1. The van der Waals surface area contributed by atoms with Crippen molar-refractivity contribution in [1.82, 2.24) is 9.55 Å². The van der Waals surface area contributed by atoms with Crippen LogP contribution in [0, 0.1) is 22.7 Å². The van der Waals surface area contributed by atoms with Gasteiger partial charge >= 0.3 is 0 Å². The van der Waals surface area contributed by atoms with Crippen LogP contribution in [-0.2, 0) is 4.74 Å². The number of hydrogen-bond acceptors (Lipinski definition) is 4. The molecule has 1 saturated heterocycles. The number of imidazole rings is 1. The van der Waals surface area contributed by atoms with E-state index >= 15 is 0 Å². The first kappa shape index (κ1) is 12.2. The van der Waals surface area contributed by atoms with Crippen molar-refractivity contribution >= 4 is 0 Å². The predicted molar refractivity (Wildman–Crippen MR) is 67.1 cm³/mol. The minimum absolute atomic E-state index is 0.00667. The van der Waals surface area contributed by atoms with Gasteiger partial charge in [-0.15, -0.1) is 0 Å². The summed E-state index contributed by atoms with van der Waals surface area (Å²) in [5.41, 5.74) is 0.629. The predicted octanol–water partition coefficient (Wildman–Crippen LogP) is 2.29. The average molecular weight is 256 g/mol. The second kappa shape index (κ2) is 4.68. The minimum atomic E-state index is 0.00667. The molecule has 0 N–H and O–H groups in total. The number of ether oxygens (including phenoxy) is 1. The van der Waals surface area contributed by atoms with Crippen LogP contribution in [0.2, 0.25) is 0 Å². The standard InChI is InChI=1S/C14H16N4O/c15-8-12-13(9-16)18(10-17-12)11-3-6-19-14(7-11)4-1-2-5-14/h10-11H,1-7H2. The molecular formula is C14H16N4O. The van der Waals surface area contributed by atoms with Crippen LogP contribution in [-0.4, -0.2) is 21.8 Å². The summed E-state index contributed by atoms with van der Waals surface area (Å²) in [7, 11) is 0. The van der Waals surface area contributed by atoms with Crippen LogP contribution in [0.15, 0.2) is 6.33 Å². The van der Waals surface area contributed by atoms with Crippen LogP contribution in [0.25, 0.3) is 0 Å².